The van der Waals surface area contributed by atoms with Gasteiger partial charge in [-0.3, -0.25) is 4.79 Å². The molecule has 2 bridgehead atoms. The van der Waals surface area contributed by atoms with Crippen LogP contribution in [0.5, 0.6) is 5.75 Å². The van der Waals surface area contributed by atoms with E-state index in [1.165, 1.54) is 18.2 Å². The summed E-state index contributed by atoms with van der Waals surface area (Å²) in [6, 6.07) is 4.90. The number of benzene rings is 1. The van der Waals surface area contributed by atoms with Crippen LogP contribution in [0.2, 0.25) is 0 Å². The van der Waals surface area contributed by atoms with Crippen LogP contribution in [-0.4, -0.2) is 47.1 Å². The standard InChI is InChI=1S/C18H21F4NO3/c1-2-17(10-24)9-11-7-8-14(17)23(11)15(25)12-5-3-4-6-13(12)26-18(21,22)16(19)20/h3-6,11,14,16,24H,2,7-10H2,1H3/t11-,14+,17-/m0/s1. The third-order valence-electron chi connectivity index (χ3n) is 5.72. The number of aliphatic hydroxyl groups excluding tert-OH is 1. The lowest BCUT2D eigenvalue weighted by molar-refractivity contribution is -0.253. The van der Waals surface area contributed by atoms with Gasteiger partial charge in [-0.15, -0.1) is 0 Å². The Balaban J connectivity index is 1.90. The highest BCUT2D eigenvalue weighted by Crippen LogP contribution is 2.52. The predicted octanol–water partition coefficient (Wildman–Crippen LogP) is 3.69. The van der Waals surface area contributed by atoms with Crippen molar-refractivity contribution < 1.29 is 32.2 Å². The van der Waals surface area contributed by atoms with E-state index in [0.717, 1.165) is 18.9 Å². The molecule has 0 spiro atoms. The lowest BCUT2D eigenvalue weighted by Gasteiger charge is -2.35. The molecule has 0 radical (unpaired) electrons. The van der Waals surface area contributed by atoms with Gasteiger partial charge < -0.3 is 14.7 Å². The van der Waals surface area contributed by atoms with Crippen LogP contribution in [0.1, 0.15) is 43.0 Å². The van der Waals surface area contributed by atoms with Crippen molar-refractivity contribution in [3.63, 3.8) is 0 Å². The van der Waals surface area contributed by atoms with Crippen molar-refractivity contribution in [1.29, 1.82) is 0 Å². The molecule has 4 nitrogen and oxygen atoms in total. The largest absolute Gasteiger partial charge is 0.461 e. The lowest BCUT2D eigenvalue weighted by atomic mass is 9.72. The smallest absolute Gasteiger partial charge is 0.427 e. The maximum atomic E-state index is 13.3. The Bertz CT molecular complexity index is 678. The minimum atomic E-state index is -4.68. The Kier molecular flexibility index (Phi) is 4.90. The molecule has 2 aliphatic rings. The molecule has 0 aliphatic carbocycles. The lowest BCUT2D eigenvalue weighted by Crippen LogP contribution is -2.42. The summed E-state index contributed by atoms with van der Waals surface area (Å²) in [5.41, 5.74) is -0.573. The summed E-state index contributed by atoms with van der Waals surface area (Å²) < 4.78 is 55.8. The van der Waals surface area contributed by atoms with Crippen LogP contribution in [0.4, 0.5) is 17.6 Å². The second kappa shape index (κ2) is 6.72. The fourth-order valence-corrected chi connectivity index (χ4v) is 4.32. The molecule has 2 heterocycles. The van der Waals surface area contributed by atoms with Crippen molar-refractivity contribution >= 4 is 5.91 Å². The number of hydrogen-bond acceptors (Lipinski definition) is 3. The molecule has 2 aliphatic heterocycles. The van der Waals surface area contributed by atoms with E-state index < -0.39 is 29.6 Å². The van der Waals surface area contributed by atoms with Crippen LogP contribution in [0.25, 0.3) is 0 Å². The van der Waals surface area contributed by atoms with Crippen molar-refractivity contribution in [3.05, 3.63) is 29.8 Å². The molecule has 1 aromatic carbocycles. The Morgan fingerprint density at radius 3 is 2.65 bits per heavy atom. The van der Waals surface area contributed by atoms with E-state index >= 15 is 0 Å². The van der Waals surface area contributed by atoms with Gasteiger partial charge in [0.25, 0.3) is 5.91 Å². The number of rotatable bonds is 6. The Labute approximate surface area is 148 Å². The number of aliphatic hydroxyl groups is 1. The van der Waals surface area contributed by atoms with E-state index in [9.17, 15) is 27.5 Å². The molecule has 2 fully saturated rings. The third-order valence-corrected chi connectivity index (χ3v) is 5.72. The fourth-order valence-electron chi connectivity index (χ4n) is 4.32. The fraction of sp³-hybridized carbons (Fsp3) is 0.611. The van der Waals surface area contributed by atoms with E-state index in [1.54, 1.807) is 4.90 Å². The van der Waals surface area contributed by atoms with Gasteiger partial charge in [-0.1, -0.05) is 19.1 Å². The van der Waals surface area contributed by atoms with Crippen LogP contribution in [-0.2, 0) is 0 Å². The summed E-state index contributed by atoms with van der Waals surface area (Å²) in [5.74, 6) is -1.10. The van der Waals surface area contributed by atoms with Gasteiger partial charge >= 0.3 is 12.5 Å². The number of alkyl halides is 4. The average molecular weight is 375 g/mol. The first-order valence-corrected chi connectivity index (χ1v) is 8.63. The summed E-state index contributed by atoms with van der Waals surface area (Å²) in [6.07, 6.45) is -5.85. The van der Waals surface area contributed by atoms with Gasteiger partial charge in [0.05, 0.1) is 12.2 Å². The van der Waals surface area contributed by atoms with Crippen molar-refractivity contribution in [2.45, 2.75) is 57.2 Å². The number of carbonyl (C=O) groups is 1. The van der Waals surface area contributed by atoms with Crippen LogP contribution in [0.15, 0.2) is 24.3 Å². The second-order valence-electron chi connectivity index (χ2n) is 7.00. The van der Waals surface area contributed by atoms with Gasteiger partial charge in [-0.2, -0.15) is 17.6 Å². The first-order chi connectivity index (χ1) is 12.3. The zero-order valence-electron chi connectivity index (χ0n) is 14.3. The van der Waals surface area contributed by atoms with E-state index in [2.05, 4.69) is 4.74 Å². The summed E-state index contributed by atoms with van der Waals surface area (Å²) in [5, 5.41) is 9.83. The highest BCUT2D eigenvalue weighted by atomic mass is 19.3. The molecule has 3 rings (SSSR count). The first-order valence-electron chi connectivity index (χ1n) is 8.63. The highest BCUT2D eigenvalue weighted by molar-refractivity contribution is 5.97. The zero-order chi connectivity index (χ0) is 19.1. The van der Waals surface area contributed by atoms with Crippen molar-refractivity contribution in [2.24, 2.45) is 5.41 Å². The number of amides is 1. The molecule has 1 aromatic rings. The molecule has 8 heteroatoms. The maximum Gasteiger partial charge on any atom is 0.461 e. The summed E-state index contributed by atoms with van der Waals surface area (Å²) >= 11 is 0. The SMILES string of the molecule is CC[C@@]1(CO)C[C@@H]2CC[C@H]1N2C(=O)c1ccccc1OC(F)(F)C(F)F. The quantitative estimate of drug-likeness (QED) is 0.772. The number of fused-ring (bicyclic) bond motifs is 2. The van der Waals surface area contributed by atoms with Crippen molar-refractivity contribution in [2.75, 3.05) is 6.61 Å². The average Bonchev–Trinajstić information content (AvgIpc) is 3.17. The van der Waals surface area contributed by atoms with Gasteiger partial charge in [-0.05, 0) is 37.8 Å². The van der Waals surface area contributed by atoms with Crippen LogP contribution in [0, 0.1) is 5.41 Å². The molecule has 0 unspecified atom stereocenters. The molecule has 1 amide bonds. The number of para-hydroxylation sites is 1. The van der Waals surface area contributed by atoms with Crippen LogP contribution < -0.4 is 4.74 Å². The van der Waals surface area contributed by atoms with Crippen molar-refractivity contribution in [1.82, 2.24) is 4.90 Å². The summed E-state index contributed by atoms with van der Waals surface area (Å²) in [6.45, 7) is 1.88. The number of ether oxygens (including phenoxy) is 1. The van der Waals surface area contributed by atoms with Gasteiger partial charge in [0, 0.05) is 17.5 Å². The Morgan fingerprint density at radius 1 is 1.38 bits per heavy atom. The molecule has 0 aromatic heterocycles. The Morgan fingerprint density at radius 2 is 2.08 bits per heavy atom. The number of carbonyl (C=O) groups excluding carboxylic acids is 1. The number of hydrogen-bond donors (Lipinski definition) is 1. The van der Waals surface area contributed by atoms with E-state index in [4.69, 9.17) is 0 Å². The van der Waals surface area contributed by atoms with Crippen LogP contribution >= 0.6 is 0 Å². The molecule has 26 heavy (non-hydrogen) atoms. The summed E-state index contributed by atoms with van der Waals surface area (Å²) in [7, 11) is 0. The zero-order valence-corrected chi connectivity index (χ0v) is 14.3. The minimum absolute atomic E-state index is 0.0595. The van der Waals surface area contributed by atoms with Gasteiger partial charge in [0.15, 0.2) is 0 Å². The maximum absolute atomic E-state index is 13.3. The first kappa shape index (κ1) is 18.9. The number of nitrogens with zero attached hydrogens (tertiary/aromatic N) is 1. The highest BCUT2D eigenvalue weighted by Gasteiger charge is 2.56. The third kappa shape index (κ3) is 2.94. The molecule has 1 N–H and O–H groups in total. The predicted molar refractivity (Wildman–Crippen MR) is 85.4 cm³/mol. The Hall–Kier alpha value is -1.83. The van der Waals surface area contributed by atoms with Gasteiger partial charge in [0.1, 0.15) is 5.75 Å². The van der Waals surface area contributed by atoms with Gasteiger partial charge in [-0.25, -0.2) is 0 Å². The molecular formula is C18H21F4NO3. The topological polar surface area (TPSA) is 49.8 Å². The molecule has 2 saturated heterocycles. The molecule has 0 saturated carbocycles. The minimum Gasteiger partial charge on any atom is -0.427 e. The van der Waals surface area contributed by atoms with E-state index in [1.807, 2.05) is 6.92 Å². The molecular weight excluding hydrogens is 354 g/mol. The van der Waals surface area contributed by atoms with E-state index in [0.29, 0.717) is 12.8 Å². The van der Waals surface area contributed by atoms with Crippen LogP contribution in [0.3, 0.4) is 0 Å². The normalized spacial score (nSPS) is 28.0. The van der Waals surface area contributed by atoms with E-state index in [-0.39, 0.29) is 24.3 Å². The van der Waals surface area contributed by atoms with Crippen molar-refractivity contribution in [3.8, 4) is 5.75 Å². The molecule has 3 atom stereocenters. The molecule has 144 valence electrons. The second-order valence-corrected chi connectivity index (χ2v) is 7.00. The number of halogens is 4. The van der Waals surface area contributed by atoms with Gasteiger partial charge in [0.2, 0.25) is 0 Å². The monoisotopic (exact) mass is 375 g/mol. The summed E-state index contributed by atoms with van der Waals surface area (Å²) in [4.78, 5) is 14.6.